The molecule has 2 atom stereocenters. The summed E-state index contributed by atoms with van der Waals surface area (Å²) in [5.41, 5.74) is 7.00. The first-order valence-corrected chi connectivity index (χ1v) is 7.50. The summed E-state index contributed by atoms with van der Waals surface area (Å²) < 4.78 is 5.66. The van der Waals surface area contributed by atoms with Crippen molar-refractivity contribution in [3.63, 3.8) is 0 Å². The third-order valence-corrected chi connectivity index (χ3v) is 3.30. The Hall–Kier alpha value is -1.26. The third kappa shape index (κ3) is 7.14. The normalized spacial score (nSPS) is 13.7. The number of nitrogens with two attached hydrogens (primary N) is 1. The van der Waals surface area contributed by atoms with Crippen LogP contribution in [0.15, 0.2) is 24.3 Å². The van der Waals surface area contributed by atoms with Crippen LogP contribution in [0.5, 0.6) is 5.75 Å². The fourth-order valence-electron chi connectivity index (χ4n) is 1.86. The van der Waals surface area contributed by atoms with Gasteiger partial charge < -0.3 is 15.8 Å². The Morgan fingerprint density at radius 3 is 2.23 bits per heavy atom. The molecule has 5 heteroatoms. The van der Waals surface area contributed by atoms with E-state index in [0.717, 1.165) is 6.42 Å². The Kier molecular flexibility index (Phi) is 8.49. The van der Waals surface area contributed by atoms with Gasteiger partial charge in [0, 0.05) is 12.6 Å². The van der Waals surface area contributed by atoms with Crippen molar-refractivity contribution in [3.05, 3.63) is 29.8 Å². The SMILES string of the molecule is CC(N)CCNC(=O)C(C)Oc1ccc(C(C)(C)C)cc1.Cl. The number of hydrogen-bond acceptors (Lipinski definition) is 3. The summed E-state index contributed by atoms with van der Waals surface area (Å²) in [6.07, 6.45) is 0.247. The Labute approximate surface area is 140 Å². The first-order chi connectivity index (χ1) is 9.70. The van der Waals surface area contributed by atoms with Crippen LogP contribution in [-0.4, -0.2) is 24.6 Å². The molecule has 0 aliphatic carbocycles. The summed E-state index contributed by atoms with van der Waals surface area (Å²) >= 11 is 0. The fraction of sp³-hybridized carbons (Fsp3) is 0.588. The van der Waals surface area contributed by atoms with Crippen molar-refractivity contribution in [1.82, 2.24) is 5.32 Å². The number of rotatable bonds is 6. The molecule has 0 aliphatic heterocycles. The van der Waals surface area contributed by atoms with Gasteiger partial charge in [0.25, 0.3) is 5.91 Å². The highest BCUT2D eigenvalue weighted by molar-refractivity contribution is 5.85. The van der Waals surface area contributed by atoms with Crippen LogP contribution in [0.3, 0.4) is 0 Å². The van der Waals surface area contributed by atoms with E-state index in [9.17, 15) is 4.79 Å². The van der Waals surface area contributed by atoms with Crippen LogP contribution in [-0.2, 0) is 10.2 Å². The summed E-state index contributed by atoms with van der Waals surface area (Å²) in [4.78, 5) is 11.9. The molecule has 0 aliphatic rings. The van der Waals surface area contributed by atoms with E-state index in [2.05, 4.69) is 26.1 Å². The second-order valence-corrected chi connectivity index (χ2v) is 6.59. The Bertz CT molecular complexity index is 453. The van der Waals surface area contributed by atoms with Crippen LogP contribution in [0.25, 0.3) is 0 Å². The van der Waals surface area contributed by atoms with Gasteiger partial charge in [0.2, 0.25) is 0 Å². The van der Waals surface area contributed by atoms with Gasteiger partial charge in [-0.05, 0) is 43.4 Å². The van der Waals surface area contributed by atoms with Crippen molar-refractivity contribution < 1.29 is 9.53 Å². The molecule has 0 spiro atoms. The summed E-state index contributed by atoms with van der Waals surface area (Å²) in [5, 5.41) is 2.83. The molecular weight excluding hydrogens is 300 g/mol. The van der Waals surface area contributed by atoms with E-state index < -0.39 is 6.10 Å². The molecular formula is C17H29ClN2O2. The predicted octanol–water partition coefficient (Wildman–Crippen LogP) is 3.03. The maximum atomic E-state index is 11.9. The smallest absolute Gasteiger partial charge is 0.260 e. The number of benzene rings is 1. The summed E-state index contributed by atoms with van der Waals surface area (Å²) in [7, 11) is 0. The molecule has 1 amide bonds. The lowest BCUT2D eigenvalue weighted by Crippen LogP contribution is -2.38. The largest absolute Gasteiger partial charge is 0.481 e. The number of carbonyl (C=O) groups is 1. The monoisotopic (exact) mass is 328 g/mol. The van der Waals surface area contributed by atoms with Gasteiger partial charge in [-0.3, -0.25) is 4.79 Å². The zero-order chi connectivity index (χ0) is 16.0. The topological polar surface area (TPSA) is 64.3 Å². The molecule has 0 heterocycles. The molecule has 0 saturated heterocycles. The second kappa shape index (κ2) is 9.01. The molecule has 1 aromatic carbocycles. The van der Waals surface area contributed by atoms with Crippen molar-refractivity contribution in [2.75, 3.05) is 6.54 Å². The lowest BCUT2D eigenvalue weighted by atomic mass is 9.87. The van der Waals surface area contributed by atoms with E-state index in [1.165, 1.54) is 5.56 Å². The highest BCUT2D eigenvalue weighted by Crippen LogP contribution is 2.24. The number of halogens is 1. The number of amides is 1. The molecule has 1 rings (SSSR count). The Balaban J connectivity index is 0.00000441. The fourth-order valence-corrected chi connectivity index (χ4v) is 1.86. The maximum Gasteiger partial charge on any atom is 0.260 e. The van der Waals surface area contributed by atoms with Gasteiger partial charge in [0.15, 0.2) is 6.10 Å². The van der Waals surface area contributed by atoms with E-state index in [1.54, 1.807) is 6.92 Å². The van der Waals surface area contributed by atoms with Crippen molar-refractivity contribution in [2.24, 2.45) is 5.73 Å². The molecule has 0 bridgehead atoms. The van der Waals surface area contributed by atoms with Crippen molar-refractivity contribution in [1.29, 1.82) is 0 Å². The summed E-state index contributed by atoms with van der Waals surface area (Å²) in [6.45, 7) is 10.7. The standard InChI is InChI=1S/C17H28N2O2.ClH/c1-12(18)10-11-19-16(20)13(2)21-15-8-6-14(7-9-15)17(3,4)5;/h6-9,12-13H,10-11,18H2,1-5H3,(H,19,20);1H. The number of hydrogen-bond donors (Lipinski definition) is 2. The first-order valence-electron chi connectivity index (χ1n) is 7.50. The van der Waals surface area contributed by atoms with Gasteiger partial charge in [-0.15, -0.1) is 12.4 Å². The van der Waals surface area contributed by atoms with E-state index in [-0.39, 0.29) is 29.8 Å². The van der Waals surface area contributed by atoms with E-state index in [0.29, 0.717) is 12.3 Å². The third-order valence-electron chi connectivity index (χ3n) is 3.30. The zero-order valence-electron chi connectivity index (χ0n) is 14.2. The molecule has 2 unspecified atom stereocenters. The number of ether oxygens (including phenoxy) is 1. The zero-order valence-corrected chi connectivity index (χ0v) is 15.0. The highest BCUT2D eigenvalue weighted by Gasteiger charge is 2.16. The predicted molar refractivity (Wildman–Crippen MR) is 93.8 cm³/mol. The molecule has 1 aromatic rings. The lowest BCUT2D eigenvalue weighted by Gasteiger charge is -2.20. The van der Waals surface area contributed by atoms with E-state index >= 15 is 0 Å². The van der Waals surface area contributed by atoms with Gasteiger partial charge in [0.1, 0.15) is 5.75 Å². The van der Waals surface area contributed by atoms with Gasteiger partial charge >= 0.3 is 0 Å². The number of nitrogens with one attached hydrogen (secondary N) is 1. The van der Waals surface area contributed by atoms with Crippen molar-refractivity contribution in [3.8, 4) is 5.75 Å². The first kappa shape index (κ1) is 20.7. The minimum Gasteiger partial charge on any atom is -0.481 e. The van der Waals surface area contributed by atoms with Crippen LogP contribution < -0.4 is 15.8 Å². The van der Waals surface area contributed by atoms with Crippen LogP contribution in [0, 0.1) is 0 Å². The van der Waals surface area contributed by atoms with Crippen LogP contribution in [0.4, 0.5) is 0 Å². The molecule has 0 aromatic heterocycles. The number of carbonyl (C=O) groups excluding carboxylic acids is 1. The average Bonchev–Trinajstić information content (AvgIpc) is 2.37. The summed E-state index contributed by atoms with van der Waals surface area (Å²) in [5.74, 6) is 0.591. The minimum atomic E-state index is -0.515. The minimum absolute atomic E-state index is 0. The average molecular weight is 329 g/mol. The summed E-state index contributed by atoms with van der Waals surface area (Å²) in [6, 6.07) is 7.98. The lowest BCUT2D eigenvalue weighted by molar-refractivity contribution is -0.127. The van der Waals surface area contributed by atoms with Crippen molar-refractivity contribution >= 4 is 18.3 Å². The van der Waals surface area contributed by atoms with Crippen LogP contribution in [0.2, 0.25) is 0 Å². The quantitative estimate of drug-likeness (QED) is 0.843. The molecule has 0 fully saturated rings. The molecule has 4 nitrogen and oxygen atoms in total. The van der Waals surface area contributed by atoms with Crippen LogP contribution in [0.1, 0.15) is 46.6 Å². The molecule has 0 radical (unpaired) electrons. The van der Waals surface area contributed by atoms with Gasteiger partial charge in [0.05, 0.1) is 0 Å². The second-order valence-electron chi connectivity index (χ2n) is 6.59. The maximum absolute atomic E-state index is 11.9. The molecule has 0 saturated carbocycles. The van der Waals surface area contributed by atoms with Gasteiger partial charge in [-0.25, -0.2) is 0 Å². The molecule has 22 heavy (non-hydrogen) atoms. The van der Waals surface area contributed by atoms with Crippen molar-refractivity contribution in [2.45, 2.75) is 58.6 Å². The van der Waals surface area contributed by atoms with Gasteiger partial charge in [-0.1, -0.05) is 32.9 Å². The molecule has 3 N–H and O–H groups in total. The molecule has 126 valence electrons. The van der Waals surface area contributed by atoms with E-state index in [1.807, 2.05) is 31.2 Å². The van der Waals surface area contributed by atoms with E-state index in [4.69, 9.17) is 10.5 Å². The Morgan fingerprint density at radius 2 is 1.77 bits per heavy atom. The Morgan fingerprint density at radius 1 is 1.23 bits per heavy atom. The highest BCUT2D eigenvalue weighted by atomic mass is 35.5. The van der Waals surface area contributed by atoms with Gasteiger partial charge in [-0.2, -0.15) is 0 Å². The van der Waals surface area contributed by atoms with Crippen LogP contribution >= 0.6 is 12.4 Å².